The van der Waals surface area contributed by atoms with Gasteiger partial charge in [0.2, 0.25) is 5.91 Å². The van der Waals surface area contributed by atoms with E-state index in [-0.39, 0.29) is 11.9 Å². The minimum Gasteiger partial charge on any atom is -0.330 e. The molecule has 86 valence electrons. The van der Waals surface area contributed by atoms with Crippen molar-refractivity contribution in [1.29, 1.82) is 0 Å². The van der Waals surface area contributed by atoms with Gasteiger partial charge < -0.3 is 16.4 Å². The maximum atomic E-state index is 11.7. The highest BCUT2D eigenvalue weighted by Gasteiger charge is 2.29. The number of nitrogens with one attached hydrogen (secondary N) is 2. The van der Waals surface area contributed by atoms with E-state index < -0.39 is 0 Å². The van der Waals surface area contributed by atoms with Gasteiger partial charge in [0.05, 0.1) is 0 Å². The third-order valence-electron chi connectivity index (χ3n) is 2.57. The molecule has 0 bridgehead atoms. The second-order valence-electron chi connectivity index (χ2n) is 3.75. The molecule has 1 aromatic carbocycles. The van der Waals surface area contributed by atoms with Crippen molar-refractivity contribution >= 4 is 23.2 Å². The van der Waals surface area contributed by atoms with Crippen LogP contribution in [0.1, 0.15) is 18.0 Å². The second kappa shape index (κ2) is 4.82. The third-order valence-corrected chi connectivity index (χ3v) is 2.81. The first-order valence-corrected chi connectivity index (χ1v) is 5.64. The molecule has 4 nitrogen and oxygen atoms in total. The number of carbonyl (C=O) groups excluding carboxylic acids is 1. The Morgan fingerprint density at radius 1 is 1.50 bits per heavy atom. The van der Waals surface area contributed by atoms with Crippen LogP contribution in [0.2, 0.25) is 5.02 Å². The number of rotatable bonds is 4. The van der Waals surface area contributed by atoms with E-state index in [4.69, 9.17) is 17.3 Å². The molecule has 2 rings (SSSR count). The molecule has 1 aromatic rings. The molecule has 0 saturated heterocycles. The average molecular weight is 240 g/mol. The van der Waals surface area contributed by atoms with E-state index in [9.17, 15) is 4.79 Å². The zero-order valence-corrected chi connectivity index (χ0v) is 9.55. The molecule has 16 heavy (non-hydrogen) atoms. The molecule has 0 aromatic heterocycles. The Labute approximate surface area is 99.2 Å². The van der Waals surface area contributed by atoms with Crippen molar-refractivity contribution in [2.24, 2.45) is 5.73 Å². The summed E-state index contributed by atoms with van der Waals surface area (Å²) in [7, 11) is 0. The molecule has 1 aliphatic rings. The molecule has 0 fully saturated rings. The van der Waals surface area contributed by atoms with E-state index in [1.165, 1.54) is 0 Å². The number of amides is 1. The van der Waals surface area contributed by atoms with Crippen molar-refractivity contribution in [2.75, 3.05) is 18.4 Å². The van der Waals surface area contributed by atoms with E-state index in [2.05, 4.69) is 10.6 Å². The third kappa shape index (κ3) is 2.19. The summed E-state index contributed by atoms with van der Waals surface area (Å²) < 4.78 is 0. The molecule has 0 spiro atoms. The molecule has 4 N–H and O–H groups in total. The monoisotopic (exact) mass is 239 g/mol. The van der Waals surface area contributed by atoms with Gasteiger partial charge in [-0.25, -0.2) is 0 Å². The van der Waals surface area contributed by atoms with Crippen molar-refractivity contribution in [2.45, 2.75) is 12.5 Å². The van der Waals surface area contributed by atoms with Crippen LogP contribution in [-0.2, 0) is 4.79 Å². The first-order chi connectivity index (χ1) is 7.72. The van der Waals surface area contributed by atoms with Crippen molar-refractivity contribution in [3.63, 3.8) is 0 Å². The number of fused-ring (bicyclic) bond motifs is 1. The molecule has 0 saturated carbocycles. The van der Waals surface area contributed by atoms with Crippen LogP contribution in [0.4, 0.5) is 5.69 Å². The van der Waals surface area contributed by atoms with E-state index in [1.54, 1.807) is 6.07 Å². The Kier molecular flexibility index (Phi) is 3.43. The van der Waals surface area contributed by atoms with Crippen molar-refractivity contribution in [3.8, 4) is 0 Å². The lowest BCUT2D eigenvalue weighted by Crippen LogP contribution is -2.29. The van der Waals surface area contributed by atoms with Crippen molar-refractivity contribution < 1.29 is 4.79 Å². The normalized spacial score (nSPS) is 18.4. The lowest BCUT2D eigenvalue weighted by atomic mass is 10.1. The van der Waals surface area contributed by atoms with Crippen molar-refractivity contribution in [3.05, 3.63) is 28.8 Å². The van der Waals surface area contributed by atoms with Gasteiger partial charge in [-0.05, 0) is 37.7 Å². The summed E-state index contributed by atoms with van der Waals surface area (Å²) in [5.41, 5.74) is 7.15. The summed E-state index contributed by atoms with van der Waals surface area (Å²) >= 11 is 5.91. The molecule has 0 aliphatic carbocycles. The predicted octanol–water partition coefficient (Wildman–Crippen LogP) is 1.27. The molecule has 0 radical (unpaired) electrons. The molecule has 1 aliphatic heterocycles. The van der Waals surface area contributed by atoms with Crippen LogP contribution in [0.5, 0.6) is 0 Å². The second-order valence-corrected chi connectivity index (χ2v) is 4.19. The zero-order valence-electron chi connectivity index (χ0n) is 8.79. The van der Waals surface area contributed by atoms with Crippen LogP contribution < -0.4 is 16.4 Å². The molecular weight excluding hydrogens is 226 g/mol. The van der Waals surface area contributed by atoms with Gasteiger partial charge in [0.15, 0.2) is 0 Å². The Morgan fingerprint density at radius 3 is 3.06 bits per heavy atom. The molecular formula is C11H14ClN3O. The topological polar surface area (TPSA) is 67.1 Å². The highest BCUT2D eigenvalue weighted by atomic mass is 35.5. The summed E-state index contributed by atoms with van der Waals surface area (Å²) in [6.45, 7) is 1.34. The molecule has 1 unspecified atom stereocenters. The molecule has 5 heteroatoms. The van der Waals surface area contributed by atoms with Gasteiger partial charge in [-0.3, -0.25) is 4.79 Å². The van der Waals surface area contributed by atoms with Gasteiger partial charge in [0, 0.05) is 16.3 Å². The lowest BCUT2D eigenvalue weighted by Gasteiger charge is -2.10. The van der Waals surface area contributed by atoms with Crippen LogP contribution in [0.25, 0.3) is 0 Å². The summed E-state index contributed by atoms with van der Waals surface area (Å²) in [5.74, 6) is -0.0331. The minimum atomic E-state index is -0.305. The summed E-state index contributed by atoms with van der Waals surface area (Å²) in [4.78, 5) is 11.7. The minimum absolute atomic E-state index is 0.0331. The lowest BCUT2D eigenvalue weighted by molar-refractivity contribution is -0.117. The first kappa shape index (κ1) is 11.4. The Bertz CT molecular complexity index is 408. The fourth-order valence-electron chi connectivity index (χ4n) is 1.78. The number of hydrogen-bond donors (Lipinski definition) is 3. The molecule has 1 amide bonds. The maximum Gasteiger partial charge on any atom is 0.246 e. The largest absolute Gasteiger partial charge is 0.330 e. The SMILES string of the molecule is NCCCNC1C(=O)Nc2ccc(Cl)cc21. The summed E-state index contributed by atoms with van der Waals surface area (Å²) in [6.07, 6.45) is 0.847. The van der Waals surface area contributed by atoms with Crippen LogP contribution in [0.15, 0.2) is 18.2 Å². The van der Waals surface area contributed by atoms with Gasteiger partial charge in [0.25, 0.3) is 0 Å². The number of nitrogens with two attached hydrogens (primary N) is 1. The van der Waals surface area contributed by atoms with Crippen molar-refractivity contribution in [1.82, 2.24) is 5.32 Å². The van der Waals surface area contributed by atoms with Crippen LogP contribution in [-0.4, -0.2) is 19.0 Å². The Hall–Kier alpha value is -1.10. The number of hydrogen-bond acceptors (Lipinski definition) is 3. The smallest absolute Gasteiger partial charge is 0.246 e. The van der Waals surface area contributed by atoms with Crippen LogP contribution in [0, 0.1) is 0 Å². The zero-order chi connectivity index (χ0) is 11.5. The van der Waals surface area contributed by atoms with E-state index in [0.717, 1.165) is 24.2 Å². The van der Waals surface area contributed by atoms with Gasteiger partial charge in [-0.2, -0.15) is 0 Å². The maximum absolute atomic E-state index is 11.7. The van der Waals surface area contributed by atoms with Crippen LogP contribution >= 0.6 is 11.6 Å². The highest BCUT2D eigenvalue weighted by Crippen LogP contribution is 2.32. The summed E-state index contributed by atoms with van der Waals surface area (Å²) in [5, 5.41) is 6.61. The number of benzene rings is 1. The molecule has 1 atom stereocenters. The van der Waals surface area contributed by atoms with E-state index in [0.29, 0.717) is 11.6 Å². The fourth-order valence-corrected chi connectivity index (χ4v) is 1.96. The highest BCUT2D eigenvalue weighted by molar-refractivity contribution is 6.31. The standard InChI is InChI=1S/C11H14ClN3O/c12-7-2-3-9-8(6-7)10(11(16)15-9)14-5-1-4-13/h2-3,6,10,14H,1,4-5,13H2,(H,15,16). The number of anilines is 1. The Morgan fingerprint density at radius 2 is 2.31 bits per heavy atom. The predicted molar refractivity (Wildman–Crippen MR) is 64.5 cm³/mol. The van der Waals surface area contributed by atoms with Gasteiger partial charge in [-0.15, -0.1) is 0 Å². The molecule has 1 heterocycles. The van der Waals surface area contributed by atoms with Gasteiger partial charge in [-0.1, -0.05) is 11.6 Å². The van der Waals surface area contributed by atoms with E-state index in [1.807, 2.05) is 12.1 Å². The fraction of sp³-hybridized carbons (Fsp3) is 0.364. The number of halogens is 1. The van der Waals surface area contributed by atoms with Crippen LogP contribution in [0.3, 0.4) is 0 Å². The quantitative estimate of drug-likeness (QED) is 0.694. The van der Waals surface area contributed by atoms with Gasteiger partial charge >= 0.3 is 0 Å². The van der Waals surface area contributed by atoms with E-state index >= 15 is 0 Å². The Balaban J connectivity index is 2.15. The summed E-state index contributed by atoms with van der Waals surface area (Å²) in [6, 6.07) is 5.10. The number of carbonyl (C=O) groups is 1. The first-order valence-electron chi connectivity index (χ1n) is 5.26. The van der Waals surface area contributed by atoms with Gasteiger partial charge in [0.1, 0.15) is 6.04 Å². The average Bonchev–Trinajstić information content (AvgIpc) is 2.56.